The normalized spacial score (nSPS) is 10.3. The van der Waals surface area contributed by atoms with Gasteiger partial charge in [-0.05, 0) is 42.0 Å². The fourth-order valence-corrected chi connectivity index (χ4v) is 2.78. The van der Waals surface area contributed by atoms with Crippen LogP contribution < -0.4 is 15.4 Å². The zero-order chi connectivity index (χ0) is 20.6. The molecule has 0 spiro atoms. The fourth-order valence-electron chi connectivity index (χ4n) is 2.61. The quantitative estimate of drug-likeness (QED) is 0.540. The number of anilines is 2. The molecule has 2 amide bonds. The minimum absolute atomic E-state index is 0.118. The van der Waals surface area contributed by atoms with Crippen molar-refractivity contribution in [3.8, 4) is 5.75 Å². The summed E-state index contributed by atoms with van der Waals surface area (Å²) < 4.78 is 5.78. The van der Waals surface area contributed by atoms with Crippen LogP contribution >= 0.6 is 11.6 Å². The summed E-state index contributed by atoms with van der Waals surface area (Å²) in [7, 11) is 0. The summed E-state index contributed by atoms with van der Waals surface area (Å²) in [5.74, 6) is 0.153. The highest BCUT2D eigenvalue weighted by Crippen LogP contribution is 2.26. The lowest BCUT2D eigenvalue weighted by atomic mass is 10.2. The van der Waals surface area contributed by atoms with Crippen LogP contribution in [0.5, 0.6) is 5.75 Å². The third-order valence-corrected chi connectivity index (χ3v) is 4.49. The van der Waals surface area contributed by atoms with Gasteiger partial charge in [-0.25, -0.2) is 0 Å². The van der Waals surface area contributed by atoms with Crippen molar-refractivity contribution in [1.29, 1.82) is 0 Å². The van der Waals surface area contributed by atoms with E-state index in [1.54, 1.807) is 49.4 Å². The Balaban J connectivity index is 1.69. The molecule has 6 heteroatoms. The van der Waals surface area contributed by atoms with Gasteiger partial charge in [0.25, 0.3) is 5.91 Å². The van der Waals surface area contributed by atoms with Gasteiger partial charge in [-0.1, -0.05) is 54.9 Å². The Morgan fingerprint density at radius 2 is 1.72 bits per heavy atom. The maximum Gasteiger partial charge on any atom is 0.255 e. The third-order valence-electron chi connectivity index (χ3n) is 4.16. The molecule has 29 heavy (non-hydrogen) atoms. The van der Waals surface area contributed by atoms with E-state index in [-0.39, 0.29) is 11.8 Å². The highest BCUT2D eigenvalue weighted by Gasteiger charge is 2.11. The van der Waals surface area contributed by atoms with Crippen molar-refractivity contribution in [3.63, 3.8) is 0 Å². The molecule has 148 valence electrons. The van der Waals surface area contributed by atoms with E-state index in [2.05, 4.69) is 10.6 Å². The van der Waals surface area contributed by atoms with Crippen molar-refractivity contribution >= 4 is 34.8 Å². The molecular weight excluding hydrogens is 388 g/mol. The predicted molar refractivity (Wildman–Crippen MR) is 116 cm³/mol. The second-order valence-electron chi connectivity index (χ2n) is 6.35. The maximum absolute atomic E-state index is 12.7. The summed E-state index contributed by atoms with van der Waals surface area (Å²) in [5.41, 5.74) is 2.47. The van der Waals surface area contributed by atoms with Crippen LogP contribution in [0.3, 0.4) is 0 Å². The molecule has 0 aliphatic rings. The molecule has 0 aliphatic heterocycles. The fraction of sp³-hybridized carbons (Fsp3) is 0.130. The van der Waals surface area contributed by atoms with Crippen LogP contribution in [-0.4, -0.2) is 11.8 Å². The molecule has 0 radical (unpaired) electrons. The number of hydrogen-bond donors (Lipinski definition) is 2. The van der Waals surface area contributed by atoms with Crippen LogP contribution in [0.15, 0.2) is 72.8 Å². The van der Waals surface area contributed by atoms with E-state index in [4.69, 9.17) is 16.3 Å². The van der Waals surface area contributed by atoms with Gasteiger partial charge in [0.2, 0.25) is 5.91 Å². The largest absolute Gasteiger partial charge is 0.489 e. The van der Waals surface area contributed by atoms with E-state index < -0.39 is 0 Å². The number of rotatable bonds is 7. The van der Waals surface area contributed by atoms with Gasteiger partial charge in [-0.15, -0.1) is 0 Å². The Morgan fingerprint density at radius 3 is 2.48 bits per heavy atom. The minimum atomic E-state index is -0.323. The topological polar surface area (TPSA) is 67.4 Å². The minimum Gasteiger partial charge on any atom is -0.489 e. The molecule has 0 atom stereocenters. The number of carbonyl (C=O) groups is 2. The first-order chi connectivity index (χ1) is 14.0. The standard InChI is InChI=1S/C23H21ClN2O3/c1-2-22(27)25-18-11-12-20(24)21(14-18)26-23(28)17-9-6-10-19(13-17)29-15-16-7-4-3-5-8-16/h3-14H,2,15H2,1H3,(H,25,27)(H,26,28). The van der Waals surface area contributed by atoms with Crippen molar-refractivity contribution in [3.05, 3.63) is 88.9 Å². The molecule has 0 fully saturated rings. The van der Waals surface area contributed by atoms with Gasteiger partial charge >= 0.3 is 0 Å². The van der Waals surface area contributed by atoms with Gasteiger partial charge in [0, 0.05) is 17.7 Å². The summed E-state index contributed by atoms with van der Waals surface area (Å²) in [5, 5.41) is 5.91. The number of ether oxygens (including phenoxy) is 1. The second-order valence-corrected chi connectivity index (χ2v) is 6.76. The third kappa shape index (κ3) is 5.83. The number of hydrogen-bond acceptors (Lipinski definition) is 3. The number of halogens is 1. The molecule has 0 saturated carbocycles. The lowest BCUT2D eigenvalue weighted by Crippen LogP contribution is -2.13. The van der Waals surface area contributed by atoms with Crippen LogP contribution in [0.2, 0.25) is 5.02 Å². The number of nitrogens with one attached hydrogen (secondary N) is 2. The number of amides is 2. The Bertz CT molecular complexity index is 1010. The van der Waals surface area contributed by atoms with Crippen LogP contribution in [0.25, 0.3) is 0 Å². The van der Waals surface area contributed by atoms with Crippen molar-refractivity contribution in [2.75, 3.05) is 10.6 Å². The molecule has 3 rings (SSSR count). The van der Waals surface area contributed by atoms with Gasteiger partial charge in [0.05, 0.1) is 10.7 Å². The molecular formula is C23H21ClN2O3. The first-order valence-corrected chi connectivity index (χ1v) is 9.60. The zero-order valence-electron chi connectivity index (χ0n) is 15.9. The second kappa shape index (κ2) is 9.75. The summed E-state index contributed by atoms with van der Waals surface area (Å²) in [6.07, 6.45) is 0.361. The average molecular weight is 409 g/mol. The highest BCUT2D eigenvalue weighted by molar-refractivity contribution is 6.34. The molecule has 0 aromatic heterocycles. The molecule has 0 bridgehead atoms. The Morgan fingerprint density at radius 1 is 0.931 bits per heavy atom. The van der Waals surface area contributed by atoms with Gasteiger partial charge in [-0.3, -0.25) is 9.59 Å². The van der Waals surface area contributed by atoms with E-state index in [0.29, 0.717) is 40.7 Å². The van der Waals surface area contributed by atoms with Crippen molar-refractivity contribution in [1.82, 2.24) is 0 Å². The van der Waals surface area contributed by atoms with Crippen molar-refractivity contribution in [2.45, 2.75) is 20.0 Å². The van der Waals surface area contributed by atoms with Crippen LogP contribution in [0.4, 0.5) is 11.4 Å². The van der Waals surface area contributed by atoms with Crippen molar-refractivity contribution in [2.24, 2.45) is 0 Å². The van der Waals surface area contributed by atoms with Gasteiger partial charge < -0.3 is 15.4 Å². The SMILES string of the molecule is CCC(=O)Nc1ccc(Cl)c(NC(=O)c2cccc(OCc3ccccc3)c2)c1. The smallest absolute Gasteiger partial charge is 0.255 e. The van der Waals surface area contributed by atoms with Crippen LogP contribution in [0.1, 0.15) is 29.3 Å². The van der Waals surface area contributed by atoms with Crippen molar-refractivity contribution < 1.29 is 14.3 Å². The first kappa shape index (κ1) is 20.4. The Hall–Kier alpha value is -3.31. The van der Waals surface area contributed by atoms with E-state index >= 15 is 0 Å². The highest BCUT2D eigenvalue weighted by atomic mass is 35.5. The van der Waals surface area contributed by atoms with E-state index in [0.717, 1.165) is 5.56 Å². The molecule has 5 nitrogen and oxygen atoms in total. The zero-order valence-corrected chi connectivity index (χ0v) is 16.7. The average Bonchev–Trinajstić information content (AvgIpc) is 2.75. The monoisotopic (exact) mass is 408 g/mol. The Kier molecular flexibility index (Phi) is 6.87. The molecule has 3 aromatic carbocycles. The van der Waals surface area contributed by atoms with Gasteiger partial charge in [0.1, 0.15) is 12.4 Å². The molecule has 0 saturated heterocycles. The summed E-state index contributed by atoms with van der Waals surface area (Å²) in [4.78, 5) is 24.2. The molecule has 0 aliphatic carbocycles. The Labute approximate surface area is 174 Å². The first-order valence-electron chi connectivity index (χ1n) is 9.22. The lowest BCUT2D eigenvalue weighted by molar-refractivity contribution is -0.115. The molecule has 2 N–H and O–H groups in total. The summed E-state index contributed by atoms with van der Waals surface area (Å²) in [6, 6.07) is 21.7. The summed E-state index contributed by atoms with van der Waals surface area (Å²) in [6.45, 7) is 2.18. The van der Waals surface area contributed by atoms with E-state index in [1.165, 1.54) is 0 Å². The lowest BCUT2D eigenvalue weighted by Gasteiger charge is -2.11. The maximum atomic E-state index is 12.7. The molecule has 0 heterocycles. The summed E-state index contributed by atoms with van der Waals surface area (Å²) >= 11 is 6.19. The number of benzene rings is 3. The number of carbonyl (C=O) groups excluding carboxylic acids is 2. The molecule has 3 aromatic rings. The van der Waals surface area contributed by atoms with Crippen LogP contribution in [0, 0.1) is 0 Å². The van der Waals surface area contributed by atoms with Gasteiger partial charge in [0.15, 0.2) is 0 Å². The molecule has 0 unspecified atom stereocenters. The van der Waals surface area contributed by atoms with Crippen LogP contribution in [-0.2, 0) is 11.4 Å². The van der Waals surface area contributed by atoms with E-state index in [9.17, 15) is 9.59 Å². The van der Waals surface area contributed by atoms with Gasteiger partial charge in [-0.2, -0.15) is 0 Å². The van der Waals surface area contributed by atoms with E-state index in [1.807, 2.05) is 30.3 Å². The predicted octanol–water partition coefficient (Wildman–Crippen LogP) is 5.52.